The van der Waals surface area contributed by atoms with Crippen molar-refractivity contribution in [2.75, 3.05) is 6.54 Å². The zero-order valence-electron chi connectivity index (χ0n) is 15.6. The highest BCUT2D eigenvalue weighted by Gasteiger charge is 2.20. The number of hydrogen-bond acceptors (Lipinski definition) is 6. The number of rotatable bonds is 12. The first-order valence-corrected chi connectivity index (χ1v) is 9.00. The minimum atomic E-state index is -1.14. The van der Waals surface area contributed by atoms with E-state index < -0.39 is 30.1 Å². The van der Waals surface area contributed by atoms with Gasteiger partial charge in [0, 0.05) is 13.0 Å². The Labute approximate surface area is 163 Å². The van der Waals surface area contributed by atoms with Crippen LogP contribution in [-0.4, -0.2) is 41.7 Å². The fraction of sp³-hybridized carbons (Fsp3) is 0.474. The van der Waals surface area contributed by atoms with Gasteiger partial charge in [-0.15, -0.1) is 0 Å². The Bertz CT molecular complexity index is 675. The molecule has 0 aromatic heterocycles. The van der Waals surface area contributed by atoms with Crippen molar-refractivity contribution in [3.8, 4) is 6.07 Å². The van der Waals surface area contributed by atoms with Crippen LogP contribution in [0.25, 0.3) is 0 Å². The van der Waals surface area contributed by atoms with Crippen molar-refractivity contribution in [1.82, 2.24) is 10.6 Å². The molecule has 9 nitrogen and oxygen atoms in total. The van der Waals surface area contributed by atoms with Crippen LogP contribution in [0.4, 0.5) is 4.79 Å². The van der Waals surface area contributed by atoms with Crippen LogP contribution in [0, 0.1) is 11.3 Å². The van der Waals surface area contributed by atoms with Gasteiger partial charge in [-0.1, -0.05) is 30.3 Å². The first-order valence-electron chi connectivity index (χ1n) is 9.00. The van der Waals surface area contributed by atoms with Crippen LogP contribution in [0.3, 0.4) is 0 Å². The number of carbonyl (C=O) groups is 3. The SMILES string of the molecule is N#CCCCC[C@@H](NC(=O)C[C@H](O)CNC(=O)OCc1ccccc1)C(N)=O. The van der Waals surface area contributed by atoms with Crippen molar-refractivity contribution < 1.29 is 24.2 Å². The van der Waals surface area contributed by atoms with Crippen LogP contribution in [0.15, 0.2) is 30.3 Å². The maximum absolute atomic E-state index is 11.9. The van der Waals surface area contributed by atoms with Crippen LogP contribution in [0.5, 0.6) is 0 Å². The molecule has 28 heavy (non-hydrogen) atoms. The molecule has 2 atom stereocenters. The number of nitrogens with zero attached hydrogens (tertiary/aromatic N) is 1. The molecule has 0 unspecified atom stereocenters. The number of nitrogens with one attached hydrogen (secondary N) is 2. The standard InChI is InChI=1S/C19H26N4O5/c20-10-6-2-5-9-16(18(21)26)23-17(25)11-15(24)12-22-19(27)28-13-14-7-3-1-4-8-14/h1,3-4,7-8,15-16,24H,2,5-6,9,11-13H2,(H2,21,26)(H,22,27)(H,23,25)/t15-,16+/m0/s1. The Morgan fingerprint density at radius 2 is 1.93 bits per heavy atom. The van der Waals surface area contributed by atoms with Gasteiger partial charge >= 0.3 is 6.09 Å². The maximum atomic E-state index is 11.9. The van der Waals surface area contributed by atoms with Gasteiger partial charge in [0.15, 0.2) is 0 Å². The van der Waals surface area contributed by atoms with E-state index >= 15 is 0 Å². The molecule has 0 bridgehead atoms. The Kier molecular flexibility index (Phi) is 10.7. The van der Waals surface area contributed by atoms with Crippen LogP contribution in [-0.2, 0) is 20.9 Å². The number of hydrogen-bond donors (Lipinski definition) is 4. The van der Waals surface area contributed by atoms with Gasteiger partial charge in [-0.05, 0) is 24.8 Å². The lowest BCUT2D eigenvalue weighted by Gasteiger charge is -2.17. The number of ether oxygens (including phenoxy) is 1. The summed E-state index contributed by atoms with van der Waals surface area (Å²) < 4.78 is 5.00. The molecular weight excluding hydrogens is 364 g/mol. The molecule has 3 amide bonds. The molecule has 0 heterocycles. The van der Waals surface area contributed by atoms with Gasteiger partial charge in [0.1, 0.15) is 12.6 Å². The van der Waals surface area contributed by atoms with E-state index in [0.717, 1.165) is 5.56 Å². The minimum absolute atomic E-state index is 0.0926. The highest BCUT2D eigenvalue weighted by molar-refractivity contribution is 5.86. The minimum Gasteiger partial charge on any atom is -0.445 e. The number of aliphatic hydroxyl groups is 1. The first kappa shape index (κ1) is 22.9. The Balaban J connectivity index is 2.27. The Hall–Kier alpha value is -3.12. The molecule has 0 aliphatic rings. The monoisotopic (exact) mass is 390 g/mol. The van der Waals surface area contributed by atoms with Gasteiger partial charge in [-0.25, -0.2) is 4.79 Å². The van der Waals surface area contributed by atoms with Crippen molar-refractivity contribution in [3.63, 3.8) is 0 Å². The number of carbonyl (C=O) groups excluding carboxylic acids is 3. The number of aliphatic hydroxyl groups excluding tert-OH is 1. The molecular formula is C19H26N4O5. The first-order chi connectivity index (χ1) is 13.4. The van der Waals surface area contributed by atoms with Crippen molar-refractivity contribution in [2.24, 2.45) is 5.73 Å². The summed E-state index contributed by atoms with van der Waals surface area (Å²) in [6, 6.07) is 10.2. The maximum Gasteiger partial charge on any atom is 0.407 e. The zero-order valence-corrected chi connectivity index (χ0v) is 15.6. The van der Waals surface area contributed by atoms with Crippen molar-refractivity contribution in [2.45, 2.75) is 50.9 Å². The number of nitrogens with two attached hydrogens (primary N) is 1. The van der Waals surface area contributed by atoms with E-state index in [-0.39, 0.29) is 19.6 Å². The van der Waals surface area contributed by atoms with Gasteiger partial charge in [0.05, 0.1) is 18.6 Å². The van der Waals surface area contributed by atoms with Gasteiger partial charge in [0.25, 0.3) is 0 Å². The summed E-state index contributed by atoms with van der Waals surface area (Å²) in [6.45, 7) is -0.0835. The predicted molar refractivity (Wildman–Crippen MR) is 100 cm³/mol. The molecule has 1 rings (SSSR count). The van der Waals surface area contributed by atoms with Crippen LogP contribution in [0.2, 0.25) is 0 Å². The summed E-state index contributed by atoms with van der Waals surface area (Å²) >= 11 is 0. The third kappa shape index (κ3) is 10.1. The number of nitriles is 1. The molecule has 0 aliphatic heterocycles. The van der Waals surface area contributed by atoms with Gasteiger partial charge in [0.2, 0.25) is 11.8 Å². The number of amides is 3. The number of primary amides is 1. The van der Waals surface area contributed by atoms with E-state index in [1.165, 1.54) is 0 Å². The number of unbranched alkanes of at least 4 members (excludes halogenated alkanes) is 2. The Morgan fingerprint density at radius 3 is 2.57 bits per heavy atom. The summed E-state index contributed by atoms with van der Waals surface area (Å²) in [4.78, 5) is 34.9. The lowest BCUT2D eigenvalue weighted by molar-refractivity contribution is -0.128. The third-order valence-electron chi connectivity index (χ3n) is 3.83. The van der Waals surface area contributed by atoms with Crippen molar-refractivity contribution in [3.05, 3.63) is 35.9 Å². The Morgan fingerprint density at radius 1 is 1.21 bits per heavy atom. The summed E-state index contributed by atoms with van der Waals surface area (Å²) in [7, 11) is 0. The summed E-state index contributed by atoms with van der Waals surface area (Å²) in [6.07, 6.45) is -0.298. The summed E-state index contributed by atoms with van der Waals surface area (Å²) in [5.74, 6) is -1.24. The summed E-state index contributed by atoms with van der Waals surface area (Å²) in [5, 5.41) is 23.2. The highest BCUT2D eigenvalue weighted by atomic mass is 16.5. The molecule has 0 radical (unpaired) electrons. The largest absolute Gasteiger partial charge is 0.445 e. The number of benzene rings is 1. The van der Waals surface area contributed by atoms with Crippen molar-refractivity contribution in [1.29, 1.82) is 5.26 Å². The molecule has 0 aliphatic carbocycles. The topological polar surface area (TPSA) is 155 Å². The third-order valence-corrected chi connectivity index (χ3v) is 3.83. The van der Waals surface area contributed by atoms with Crippen LogP contribution < -0.4 is 16.4 Å². The molecule has 152 valence electrons. The second-order valence-electron chi connectivity index (χ2n) is 6.23. The van der Waals surface area contributed by atoms with E-state index in [0.29, 0.717) is 25.7 Å². The van der Waals surface area contributed by atoms with Gasteiger partial charge < -0.3 is 26.2 Å². The van der Waals surface area contributed by atoms with E-state index in [9.17, 15) is 19.5 Å². The molecule has 0 fully saturated rings. The van der Waals surface area contributed by atoms with Gasteiger partial charge in [-0.2, -0.15) is 5.26 Å². The predicted octanol–water partition coefficient (Wildman–Crippen LogP) is 0.718. The fourth-order valence-corrected chi connectivity index (χ4v) is 2.35. The van der Waals surface area contributed by atoms with E-state index in [2.05, 4.69) is 10.6 Å². The summed E-state index contributed by atoms with van der Waals surface area (Å²) in [5.41, 5.74) is 6.08. The zero-order chi connectivity index (χ0) is 20.8. The molecule has 5 N–H and O–H groups in total. The van der Waals surface area contributed by atoms with E-state index in [1.807, 2.05) is 36.4 Å². The van der Waals surface area contributed by atoms with E-state index in [4.69, 9.17) is 15.7 Å². The molecule has 1 aromatic carbocycles. The highest BCUT2D eigenvalue weighted by Crippen LogP contribution is 2.04. The average molecular weight is 390 g/mol. The smallest absolute Gasteiger partial charge is 0.407 e. The molecule has 0 spiro atoms. The molecule has 0 saturated carbocycles. The lowest BCUT2D eigenvalue weighted by Crippen LogP contribution is -2.46. The molecule has 9 heteroatoms. The van der Waals surface area contributed by atoms with Crippen LogP contribution in [0.1, 0.15) is 37.7 Å². The lowest BCUT2D eigenvalue weighted by atomic mass is 10.1. The van der Waals surface area contributed by atoms with Crippen LogP contribution >= 0.6 is 0 Å². The second kappa shape index (κ2) is 13.1. The second-order valence-corrected chi connectivity index (χ2v) is 6.23. The quantitative estimate of drug-likeness (QED) is 0.385. The normalized spacial score (nSPS) is 12.3. The average Bonchev–Trinajstić information content (AvgIpc) is 2.67. The van der Waals surface area contributed by atoms with Gasteiger partial charge in [-0.3, -0.25) is 9.59 Å². The van der Waals surface area contributed by atoms with Crippen molar-refractivity contribution >= 4 is 17.9 Å². The van der Waals surface area contributed by atoms with E-state index in [1.54, 1.807) is 0 Å². The fourth-order valence-electron chi connectivity index (χ4n) is 2.35. The molecule has 0 saturated heterocycles. The molecule has 1 aromatic rings. The number of alkyl carbamates (subject to hydrolysis) is 1.